The van der Waals surface area contributed by atoms with E-state index >= 15 is 0 Å². The maximum Gasteiger partial charge on any atom is 0.119 e. The molecule has 29 heavy (non-hydrogen) atoms. The van der Waals surface area contributed by atoms with E-state index in [0.29, 0.717) is 5.75 Å². The highest BCUT2D eigenvalue weighted by atomic mass is 33.1. The highest BCUT2D eigenvalue weighted by Gasteiger charge is 2.43. The average molecular weight is 453 g/mol. The minimum Gasteiger partial charge on any atom is -0.508 e. The van der Waals surface area contributed by atoms with Gasteiger partial charge in [0.2, 0.25) is 0 Å². The van der Waals surface area contributed by atoms with Crippen molar-refractivity contribution in [3.05, 3.63) is 29.3 Å². The van der Waals surface area contributed by atoms with Gasteiger partial charge in [-0.2, -0.15) is 11.8 Å². The maximum atomic E-state index is 10.3. The first-order chi connectivity index (χ1) is 13.9. The maximum absolute atomic E-state index is 10.3. The molecule has 3 aliphatic rings. The van der Waals surface area contributed by atoms with Crippen LogP contribution in [0.15, 0.2) is 18.2 Å². The van der Waals surface area contributed by atoms with Crippen molar-refractivity contribution in [1.29, 1.82) is 0 Å². The van der Waals surface area contributed by atoms with Crippen LogP contribution in [0.5, 0.6) is 5.75 Å². The predicted octanol–water partition coefficient (Wildman–Crippen LogP) is 8.38. The summed E-state index contributed by atoms with van der Waals surface area (Å²) in [7, 11) is 4.44. The Bertz CT molecular complexity index is 633. The summed E-state index contributed by atoms with van der Waals surface area (Å²) in [6.45, 7) is 8.79. The van der Waals surface area contributed by atoms with Crippen molar-refractivity contribution in [3.8, 4) is 5.75 Å². The summed E-state index contributed by atoms with van der Waals surface area (Å²) in [4.78, 5) is 0. The number of aryl methyl sites for hydroxylation is 1. The zero-order valence-corrected chi connectivity index (χ0v) is 21.2. The Morgan fingerprint density at radius 2 is 1.55 bits per heavy atom. The van der Waals surface area contributed by atoms with E-state index < -0.39 is 0 Å². The Kier molecular flexibility index (Phi) is 9.07. The molecule has 1 N–H and O–H groups in total. The van der Waals surface area contributed by atoms with Crippen molar-refractivity contribution in [2.24, 2.45) is 0 Å². The van der Waals surface area contributed by atoms with E-state index in [-0.39, 0.29) is 5.41 Å². The molecule has 0 amide bonds. The number of hydrogen-bond donors (Lipinski definition) is 1. The van der Waals surface area contributed by atoms with Gasteiger partial charge in [0.15, 0.2) is 0 Å². The van der Waals surface area contributed by atoms with Crippen molar-refractivity contribution in [2.75, 3.05) is 0 Å². The number of fused-ring (bicyclic) bond motifs is 3. The molecule has 1 nitrogen and oxygen atoms in total. The summed E-state index contributed by atoms with van der Waals surface area (Å²) < 4.78 is 0. The third-order valence-corrected chi connectivity index (χ3v) is 12.0. The number of phenolic OH excluding ortho intramolecular Hbond substituents is 1. The number of thioether (sulfide) groups is 1. The quantitative estimate of drug-likeness (QED) is 0.284. The minimum absolute atomic E-state index is 0.00651. The molecule has 3 heterocycles. The molecule has 0 radical (unpaired) electrons. The summed E-state index contributed by atoms with van der Waals surface area (Å²) in [5.41, 5.74) is 2.33. The molecule has 3 saturated heterocycles. The number of aromatic hydroxyl groups is 1. The number of benzene rings is 1. The lowest BCUT2D eigenvalue weighted by Crippen LogP contribution is -2.37. The first-order valence-corrected chi connectivity index (χ1v) is 14.9. The molecular weight excluding hydrogens is 412 g/mol. The van der Waals surface area contributed by atoms with E-state index in [4.69, 9.17) is 0 Å². The zero-order chi connectivity index (χ0) is 20.9. The van der Waals surface area contributed by atoms with Crippen LogP contribution in [0, 0.1) is 0 Å². The van der Waals surface area contributed by atoms with Gasteiger partial charge in [0.1, 0.15) is 5.75 Å². The smallest absolute Gasteiger partial charge is 0.119 e. The summed E-state index contributed by atoms with van der Waals surface area (Å²) in [5, 5.41) is 14.0. The van der Waals surface area contributed by atoms with Crippen LogP contribution in [0.3, 0.4) is 0 Å². The molecule has 3 fully saturated rings. The van der Waals surface area contributed by atoms with Crippen molar-refractivity contribution in [3.63, 3.8) is 0 Å². The van der Waals surface area contributed by atoms with Crippen LogP contribution >= 0.6 is 33.3 Å². The van der Waals surface area contributed by atoms with Crippen LogP contribution < -0.4 is 0 Å². The molecule has 0 spiro atoms. The van der Waals surface area contributed by atoms with Crippen LogP contribution in [0.1, 0.15) is 96.6 Å². The Morgan fingerprint density at radius 1 is 0.931 bits per heavy atom. The predicted molar refractivity (Wildman–Crippen MR) is 136 cm³/mol. The van der Waals surface area contributed by atoms with Gasteiger partial charge in [-0.3, -0.25) is 0 Å². The normalized spacial score (nSPS) is 26.8. The van der Waals surface area contributed by atoms with Gasteiger partial charge in [0.25, 0.3) is 0 Å². The van der Waals surface area contributed by atoms with Crippen LogP contribution in [0.25, 0.3) is 0 Å². The molecule has 4 unspecified atom stereocenters. The second-order valence-electron chi connectivity index (χ2n) is 9.91. The lowest BCUT2D eigenvalue weighted by atomic mass is 9.85. The minimum atomic E-state index is 0.00651. The molecule has 164 valence electrons. The Morgan fingerprint density at radius 3 is 2.17 bits per heavy atom. The van der Waals surface area contributed by atoms with E-state index in [0.717, 1.165) is 33.0 Å². The molecule has 1 aromatic rings. The van der Waals surface area contributed by atoms with Gasteiger partial charge in [0, 0.05) is 21.0 Å². The van der Waals surface area contributed by atoms with Crippen LogP contribution in [0.2, 0.25) is 0 Å². The average Bonchev–Trinajstić information content (AvgIpc) is 2.88. The highest BCUT2D eigenvalue weighted by molar-refractivity contribution is 8.77. The van der Waals surface area contributed by atoms with E-state index in [1.54, 1.807) is 0 Å². The van der Waals surface area contributed by atoms with Crippen molar-refractivity contribution < 1.29 is 5.11 Å². The first kappa shape index (κ1) is 23.7. The number of phenols is 1. The highest BCUT2D eigenvalue weighted by Crippen LogP contribution is 2.56. The standard InChI is InChI=1S/C25H40OS3/c1-5-11-21-23-17-24(27-23)22(29-28-21)13-10-8-6-7-9-12-18-14-15-19(20(26)16-18)25(2,3)4/h14-16,21-24,26H,5-13,17H2,1-4H3. The molecule has 4 rings (SSSR count). The van der Waals surface area contributed by atoms with E-state index in [9.17, 15) is 5.11 Å². The number of hydrogen-bond acceptors (Lipinski definition) is 4. The van der Waals surface area contributed by atoms with Gasteiger partial charge in [-0.1, -0.05) is 93.5 Å². The molecule has 3 aliphatic heterocycles. The van der Waals surface area contributed by atoms with E-state index in [2.05, 4.69) is 73.2 Å². The summed E-state index contributed by atoms with van der Waals surface area (Å²) in [5.74, 6) is 0.464. The molecule has 4 atom stereocenters. The largest absolute Gasteiger partial charge is 0.508 e. The van der Waals surface area contributed by atoms with Crippen LogP contribution in [0.4, 0.5) is 0 Å². The molecule has 2 bridgehead atoms. The summed E-state index contributed by atoms with van der Waals surface area (Å²) >= 11 is 2.30. The van der Waals surface area contributed by atoms with Crippen LogP contribution in [-0.4, -0.2) is 26.1 Å². The second-order valence-corrected chi connectivity index (χ2v) is 14.1. The first-order valence-electron chi connectivity index (χ1n) is 11.7. The third kappa shape index (κ3) is 6.77. The topological polar surface area (TPSA) is 20.2 Å². The fourth-order valence-electron chi connectivity index (χ4n) is 4.51. The van der Waals surface area contributed by atoms with Gasteiger partial charge >= 0.3 is 0 Å². The van der Waals surface area contributed by atoms with Crippen molar-refractivity contribution in [1.82, 2.24) is 0 Å². The third-order valence-electron chi connectivity index (χ3n) is 6.34. The van der Waals surface area contributed by atoms with Crippen LogP contribution in [-0.2, 0) is 11.8 Å². The molecule has 1 aromatic carbocycles. The fourth-order valence-corrected chi connectivity index (χ4v) is 10.6. The fraction of sp³-hybridized carbons (Fsp3) is 0.760. The lowest BCUT2D eigenvalue weighted by molar-refractivity contribution is 0.445. The molecule has 0 aromatic heterocycles. The van der Waals surface area contributed by atoms with Gasteiger partial charge in [-0.25, -0.2) is 0 Å². The van der Waals surface area contributed by atoms with Gasteiger partial charge in [0.05, 0.1) is 0 Å². The number of rotatable bonds is 10. The van der Waals surface area contributed by atoms with Crippen molar-refractivity contribution in [2.45, 2.75) is 118 Å². The van der Waals surface area contributed by atoms with E-state index in [1.807, 2.05) is 6.07 Å². The van der Waals surface area contributed by atoms with Gasteiger partial charge in [-0.15, -0.1) is 0 Å². The zero-order valence-electron chi connectivity index (χ0n) is 18.8. The Hall–Kier alpha value is 0.0700. The number of unbranched alkanes of at least 4 members (excludes halogenated alkanes) is 4. The molecular formula is C25H40OS3. The van der Waals surface area contributed by atoms with Crippen molar-refractivity contribution >= 4 is 33.3 Å². The second kappa shape index (κ2) is 11.1. The Balaban J connectivity index is 1.28. The SMILES string of the molecule is CCCC1SSC(CCCCCCCc2ccc(C(C)(C)C)c(O)c2)C2CC1S2. The van der Waals surface area contributed by atoms with E-state index in [1.165, 1.54) is 63.4 Å². The molecule has 0 aliphatic carbocycles. The summed E-state index contributed by atoms with van der Waals surface area (Å²) in [6.07, 6.45) is 13.4. The Labute approximate surface area is 191 Å². The summed E-state index contributed by atoms with van der Waals surface area (Å²) in [6, 6.07) is 6.30. The monoisotopic (exact) mass is 452 g/mol. The lowest BCUT2D eigenvalue weighted by Gasteiger charge is -2.38. The molecule has 4 heteroatoms. The van der Waals surface area contributed by atoms with Gasteiger partial charge in [-0.05, 0) is 54.7 Å². The molecule has 0 saturated carbocycles. The van der Waals surface area contributed by atoms with Gasteiger partial charge < -0.3 is 5.11 Å².